The maximum Gasteiger partial charge on any atom is 0.416 e. The smallest absolute Gasteiger partial charge is 0.379 e. The molecule has 1 aromatic heterocycles. The molecule has 0 bridgehead atoms. The predicted octanol–water partition coefficient (Wildman–Crippen LogP) is 3.77. The fourth-order valence-electron chi connectivity index (χ4n) is 3.18. The van der Waals surface area contributed by atoms with E-state index in [1.165, 1.54) is 12.1 Å². The summed E-state index contributed by atoms with van der Waals surface area (Å²) in [6.07, 6.45) is -4.36. The van der Waals surface area contributed by atoms with Gasteiger partial charge in [-0.2, -0.15) is 18.4 Å². The van der Waals surface area contributed by atoms with E-state index in [-0.39, 0.29) is 6.04 Å². The summed E-state index contributed by atoms with van der Waals surface area (Å²) in [5.41, 5.74) is 1.27. The van der Waals surface area contributed by atoms with Crippen LogP contribution in [0, 0.1) is 18.3 Å². The Morgan fingerprint density at radius 1 is 1.18 bits per heavy atom. The lowest BCUT2D eigenvalue weighted by molar-refractivity contribution is -0.137. The molecule has 148 valence electrons. The number of halogens is 3. The molecule has 1 aromatic carbocycles. The Morgan fingerprint density at radius 3 is 2.46 bits per heavy atom. The number of ether oxygens (including phenoxy) is 1. The van der Waals surface area contributed by atoms with Crippen LogP contribution in [0.4, 0.5) is 19.0 Å². The third kappa shape index (κ3) is 4.80. The number of alkyl halides is 3. The standard InChI is InChI=1S/C20H21F3N4O/c1-14-2-7-19(26-17(14)12-24)25-13-18(27-8-10-28-11-9-27)15-3-5-16(6-4-15)20(21,22)23/h2-7,18H,8-11,13H2,1H3,(H,25,26). The normalized spacial score (nSPS) is 16.4. The molecule has 2 aromatic rings. The van der Waals surface area contributed by atoms with Crippen molar-refractivity contribution in [2.75, 3.05) is 38.2 Å². The SMILES string of the molecule is Cc1ccc(NCC(c2ccc(C(F)(F)F)cc2)N2CCOCC2)nc1C#N. The molecular weight excluding hydrogens is 369 g/mol. The van der Waals surface area contributed by atoms with Crippen LogP contribution >= 0.6 is 0 Å². The van der Waals surface area contributed by atoms with Crippen molar-refractivity contribution in [2.45, 2.75) is 19.1 Å². The molecule has 0 amide bonds. The Morgan fingerprint density at radius 2 is 1.86 bits per heavy atom. The minimum Gasteiger partial charge on any atom is -0.379 e. The fourth-order valence-corrected chi connectivity index (χ4v) is 3.18. The molecule has 1 aliphatic rings. The van der Waals surface area contributed by atoms with Crippen molar-refractivity contribution >= 4 is 5.82 Å². The molecule has 5 nitrogen and oxygen atoms in total. The zero-order valence-corrected chi connectivity index (χ0v) is 15.5. The van der Waals surface area contributed by atoms with E-state index in [2.05, 4.69) is 21.3 Å². The van der Waals surface area contributed by atoms with Gasteiger partial charge in [0.05, 0.1) is 24.8 Å². The Balaban J connectivity index is 1.80. The number of nitrogens with one attached hydrogen (secondary N) is 1. The topological polar surface area (TPSA) is 61.2 Å². The fraction of sp³-hybridized carbons (Fsp3) is 0.400. The molecule has 1 atom stereocenters. The second kappa shape index (κ2) is 8.59. The molecule has 0 radical (unpaired) electrons. The molecule has 0 saturated carbocycles. The number of pyridine rings is 1. The molecule has 28 heavy (non-hydrogen) atoms. The molecule has 0 aliphatic carbocycles. The van der Waals surface area contributed by atoms with E-state index >= 15 is 0 Å². The van der Waals surface area contributed by atoms with Gasteiger partial charge in [0.15, 0.2) is 0 Å². The van der Waals surface area contributed by atoms with E-state index in [0.717, 1.165) is 23.3 Å². The van der Waals surface area contributed by atoms with Crippen LogP contribution in [0.2, 0.25) is 0 Å². The van der Waals surface area contributed by atoms with E-state index in [0.29, 0.717) is 44.4 Å². The number of nitriles is 1. The molecule has 0 spiro atoms. The number of anilines is 1. The van der Waals surface area contributed by atoms with Crippen LogP contribution in [-0.4, -0.2) is 42.7 Å². The molecule has 8 heteroatoms. The van der Waals surface area contributed by atoms with E-state index in [9.17, 15) is 13.2 Å². The molecule has 1 aliphatic heterocycles. The van der Waals surface area contributed by atoms with Gasteiger partial charge in [0, 0.05) is 19.6 Å². The Bertz CT molecular complexity index is 840. The van der Waals surface area contributed by atoms with Gasteiger partial charge in [-0.3, -0.25) is 4.90 Å². The second-order valence-corrected chi connectivity index (χ2v) is 6.64. The van der Waals surface area contributed by atoms with Gasteiger partial charge in [0.2, 0.25) is 0 Å². The first-order valence-corrected chi connectivity index (χ1v) is 8.99. The van der Waals surface area contributed by atoms with Gasteiger partial charge in [-0.1, -0.05) is 18.2 Å². The molecule has 1 unspecified atom stereocenters. The highest BCUT2D eigenvalue weighted by Gasteiger charge is 2.31. The van der Waals surface area contributed by atoms with E-state index in [1.54, 1.807) is 6.07 Å². The number of aromatic nitrogens is 1. The average molecular weight is 390 g/mol. The third-order valence-corrected chi connectivity index (χ3v) is 4.79. The van der Waals surface area contributed by atoms with E-state index in [4.69, 9.17) is 10.00 Å². The first-order valence-electron chi connectivity index (χ1n) is 8.99. The first-order chi connectivity index (χ1) is 13.4. The van der Waals surface area contributed by atoms with Crippen LogP contribution in [0.3, 0.4) is 0 Å². The number of aryl methyl sites for hydroxylation is 1. The number of rotatable bonds is 5. The zero-order chi connectivity index (χ0) is 20.1. The van der Waals surface area contributed by atoms with Gasteiger partial charge >= 0.3 is 6.18 Å². The van der Waals surface area contributed by atoms with Crippen molar-refractivity contribution in [3.05, 3.63) is 58.8 Å². The highest BCUT2D eigenvalue weighted by atomic mass is 19.4. The van der Waals surface area contributed by atoms with Gasteiger partial charge in [-0.25, -0.2) is 4.98 Å². The summed E-state index contributed by atoms with van der Waals surface area (Å²) in [6.45, 7) is 4.81. The molecule has 1 saturated heterocycles. The maximum absolute atomic E-state index is 12.9. The molecule has 1 fully saturated rings. The second-order valence-electron chi connectivity index (χ2n) is 6.64. The summed E-state index contributed by atoms with van der Waals surface area (Å²) in [5, 5.41) is 12.4. The summed E-state index contributed by atoms with van der Waals surface area (Å²) in [4.78, 5) is 6.46. The van der Waals surface area contributed by atoms with Crippen molar-refractivity contribution in [3.8, 4) is 6.07 Å². The minimum atomic E-state index is -4.36. The molecule has 3 rings (SSSR count). The Kier molecular flexibility index (Phi) is 6.17. The minimum absolute atomic E-state index is 0.139. The predicted molar refractivity (Wildman–Crippen MR) is 98.8 cm³/mol. The van der Waals surface area contributed by atoms with Crippen molar-refractivity contribution in [1.29, 1.82) is 5.26 Å². The van der Waals surface area contributed by atoms with E-state index < -0.39 is 11.7 Å². The van der Waals surface area contributed by atoms with Crippen LogP contribution < -0.4 is 5.32 Å². The number of benzene rings is 1. The number of nitrogens with zero attached hydrogens (tertiary/aromatic N) is 3. The zero-order valence-electron chi connectivity index (χ0n) is 15.5. The van der Waals surface area contributed by atoms with Crippen LogP contribution in [0.15, 0.2) is 36.4 Å². The van der Waals surface area contributed by atoms with Gasteiger partial charge in [0.1, 0.15) is 17.6 Å². The van der Waals surface area contributed by atoms with Gasteiger partial charge in [-0.05, 0) is 36.2 Å². The average Bonchev–Trinajstić information content (AvgIpc) is 2.70. The Hall–Kier alpha value is -2.63. The first kappa shape index (κ1) is 20.1. The summed E-state index contributed by atoms with van der Waals surface area (Å²) in [6, 6.07) is 10.8. The van der Waals surface area contributed by atoms with Crippen LogP contribution in [-0.2, 0) is 10.9 Å². The highest BCUT2D eigenvalue weighted by Crippen LogP contribution is 2.31. The summed E-state index contributed by atoms with van der Waals surface area (Å²) in [7, 11) is 0. The third-order valence-electron chi connectivity index (χ3n) is 4.79. The molecule has 2 heterocycles. The van der Waals surface area contributed by atoms with Crippen molar-refractivity contribution in [1.82, 2.24) is 9.88 Å². The maximum atomic E-state index is 12.9. The van der Waals surface area contributed by atoms with Crippen LogP contribution in [0.25, 0.3) is 0 Å². The van der Waals surface area contributed by atoms with E-state index in [1.807, 2.05) is 13.0 Å². The Labute approximate surface area is 161 Å². The van der Waals surface area contributed by atoms with Gasteiger partial charge in [0.25, 0.3) is 0 Å². The summed E-state index contributed by atoms with van der Waals surface area (Å²) >= 11 is 0. The van der Waals surface area contributed by atoms with Crippen molar-refractivity contribution in [3.63, 3.8) is 0 Å². The number of hydrogen-bond donors (Lipinski definition) is 1. The van der Waals surface area contributed by atoms with Crippen molar-refractivity contribution in [2.24, 2.45) is 0 Å². The lowest BCUT2D eigenvalue weighted by Gasteiger charge is -2.35. The quantitative estimate of drug-likeness (QED) is 0.842. The molecule has 1 N–H and O–H groups in total. The van der Waals surface area contributed by atoms with Crippen LogP contribution in [0.1, 0.15) is 28.4 Å². The van der Waals surface area contributed by atoms with Crippen molar-refractivity contribution < 1.29 is 17.9 Å². The summed E-state index contributed by atoms with van der Waals surface area (Å²) < 4.78 is 44.0. The van der Waals surface area contributed by atoms with Gasteiger partial charge < -0.3 is 10.1 Å². The largest absolute Gasteiger partial charge is 0.416 e. The summed E-state index contributed by atoms with van der Waals surface area (Å²) in [5.74, 6) is 0.562. The lowest BCUT2D eigenvalue weighted by atomic mass is 10.0. The monoisotopic (exact) mass is 390 g/mol. The highest BCUT2D eigenvalue weighted by molar-refractivity contribution is 5.43. The number of hydrogen-bond acceptors (Lipinski definition) is 5. The van der Waals surface area contributed by atoms with Crippen LogP contribution in [0.5, 0.6) is 0 Å². The lowest BCUT2D eigenvalue weighted by Crippen LogP contribution is -2.41. The number of morpholine rings is 1. The molecular formula is C20H21F3N4O. The van der Waals surface area contributed by atoms with Gasteiger partial charge in [-0.15, -0.1) is 0 Å².